The smallest absolute Gasteiger partial charge is 0.284 e. The molecule has 28 heavy (non-hydrogen) atoms. The van der Waals surface area contributed by atoms with Crippen LogP contribution in [0, 0.1) is 0 Å². The van der Waals surface area contributed by atoms with Gasteiger partial charge in [-0.15, -0.1) is 0 Å². The Morgan fingerprint density at radius 1 is 1.39 bits per heavy atom. The number of alkyl halides is 2. The van der Waals surface area contributed by atoms with Crippen molar-refractivity contribution in [1.82, 2.24) is 15.3 Å². The summed E-state index contributed by atoms with van der Waals surface area (Å²) in [7, 11) is -3.33. The lowest BCUT2D eigenvalue weighted by molar-refractivity contribution is -0.0753. The lowest BCUT2D eigenvalue weighted by atomic mass is 10.2. The van der Waals surface area contributed by atoms with E-state index in [9.17, 15) is 22.0 Å². The van der Waals surface area contributed by atoms with E-state index in [2.05, 4.69) is 15.3 Å². The first-order chi connectivity index (χ1) is 13.0. The standard InChI is InChI=1S/C18H23F2N3O4S/c1-11(7-9-28(2,25)26)22-16(24)13-10-21-15(12-5-6-12)23-17(13)27-14-4-3-8-18(14,19)20/h7,9-12,14H,3-6,8H2,1-2H3,(H,22,24)/b9-7+/t11?,14-/m1/s1. The summed E-state index contributed by atoms with van der Waals surface area (Å²) in [5, 5.41) is 3.57. The summed E-state index contributed by atoms with van der Waals surface area (Å²) in [6.07, 6.45) is 4.41. The Kier molecular flexibility index (Phi) is 5.69. The van der Waals surface area contributed by atoms with Gasteiger partial charge in [-0.1, -0.05) is 6.08 Å². The summed E-state index contributed by atoms with van der Waals surface area (Å²) >= 11 is 0. The van der Waals surface area contributed by atoms with Crippen LogP contribution in [0.15, 0.2) is 17.7 Å². The topological polar surface area (TPSA) is 98.2 Å². The van der Waals surface area contributed by atoms with E-state index in [1.807, 2.05) is 0 Å². The molecule has 7 nitrogen and oxygen atoms in total. The zero-order chi connectivity index (χ0) is 20.5. The molecule has 1 heterocycles. The van der Waals surface area contributed by atoms with E-state index in [1.165, 1.54) is 12.3 Å². The van der Waals surface area contributed by atoms with Gasteiger partial charge in [0.15, 0.2) is 15.9 Å². The van der Waals surface area contributed by atoms with Crippen molar-refractivity contribution in [1.29, 1.82) is 0 Å². The average Bonchev–Trinajstić information content (AvgIpc) is 3.38. The molecule has 1 aromatic rings. The van der Waals surface area contributed by atoms with Gasteiger partial charge in [0.05, 0.1) is 0 Å². The molecule has 2 saturated carbocycles. The van der Waals surface area contributed by atoms with Crippen molar-refractivity contribution >= 4 is 15.7 Å². The molecule has 0 saturated heterocycles. The van der Waals surface area contributed by atoms with Gasteiger partial charge in [0, 0.05) is 36.2 Å². The van der Waals surface area contributed by atoms with Crippen molar-refractivity contribution in [2.75, 3.05) is 6.26 Å². The molecule has 0 aliphatic heterocycles. The lowest BCUT2D eigenvalue weighted by Gasteiger charge is -2.21. The molecular formula is C18H23F2N3O4S. The summed E-state index contributed by atoms with van der Waals surface area (Å²) in [6, 6.07) is -0.605. The van der Waals surface area contributed by atoms with Crippen molar-refractivity contribution < 1.29 is 26.7 Å². The Morgan fingerprint density at radius 3 is 2.68 bits per heavy atom. The minimum Gasteiger partial charge on any atom is -0.467 e. The molecule has 0 aromatic carbocycles. The van der Waals surface area contributed by atoms with Crippen LogP contribution in [0.4, 0.5) is 8.78 Å². The average molecular weight is 415 g/mol. The highest BCUT2D eigenvalue weighted by atomic mass is 32.2. The Hall–Kier alpha value is -2.10. The van der Waals surface area contributed by atoms with Crippen molar-refractivity contribution in [3.63, 3.8) is 0 Å². The van der Waals surface area contributed by atoms with Gasteiger partial charge in [0.1, 0.15) is 11.4 Å². The molecule has 1 N–H and O–H groups in total. The van der Waals surface area contributed by atoms with E-state index >= 15 is 0 Å². The molecule has 1 aromatic heterocycles. The maximum atomic E-state index is 14.0. The number of carbonyl (C=O) groups is 1. The lowest BCUT2D eigenvalue weighted by Crippen LogP contribution is -2.35. The van der Waals surface area contributed by atoms with Gasteiger partial charge in [-0.25, -0.2) is 22.2 Å². The Morgan fingerprint density at radius 2 is 2.11 bits per heavy atom. The molecule has 3 rings (SSSR count). The van der Waals surface area contributed by atoms with Gasteiger partial charge >= 0.3 is 0 Å². The maximum Gasteiger partial charge on any atom is 0.284 e. The molecule has 154 valence electrons. The number of carbonyl (C=O) groups excluding carboxylic acids is 1. The van der Waals surface area contributed by atoms with Crippen LogP contribution in [-0.2, 0) is 9.84 Å². The Labute approximate surface area is 162 Å². The number of hydrogen-bond acceptors (Lipinski definition) is 6. The third kappa shape index (κ3) is 5.24. The number of amides is 1. The van der Waals surface area contributed by atoms with Gasteiger partial charge in [-0.2, -0.15) is 4.98 Å². The number of aromatic nitrogens is 2. The van der Waals surface area contributed by atoms with Crippen LogP contribution in [0.25, 0.3) is 0 Å². The first-order valence-corrected chi connectivity index (χ1v) is 11.1. The van der Waals surface area contributed by atoms with Crippen LogP contribution in [0.5, 0.6) is 5.88 Å². The molecule has 1 amide bonds. The third-order valence-electron chi connectivity index (χ3n) is 4.63. The number of nitrogens with one attached hydrogen (secondary N) is 1. The van der Waals surface area contributed by atoms with E-state index in [1.54, 1.807) is 6.92 Å². The van der Waals surface area contributed by atoms with Crippen molar-refractivity contribution in [2.24, 2.45) is 0 Å². The fraction of sp³-hybridized carbons (Fsp3) is 0.611. The second-order valence-corrected chi connectivity index (χ2v) is 9.33. The molecule has 2 aliphatic rings. The van der Waals surface area contributed by atoms with Crippen LogP contribution in [-0.4, -0.2) is 48.6 Å². The number of ether oxygens (including phenoxy) is 1. The van der Waals surface area contributed by atoms with Crippen molar-refractivity contribution in [3.05, 3.63) is 29.1 Å². The highest BCUT2D eigenvalue weighted by molar-refractivity contribution is 7.93. The van der Waals surface area contributed by atoms with E-state index in [0.29, 0.717) is 12.2 Å². The summed E-state index contributed by atoms with van der Waals surface area (Å²) in [6.45, 7) is 1.59. The van der Waals surface area contributed by atoms with E-state index in [4.69, 9.17) is 4.74 Å². The summed E-state index contributed by atoms with van der Waals surface area (Å²) in [5.41, 5.74) is -0.0493. The molecular weight excluding hydrogens is 392 g/mol. The van der Waals surface area contributed by atoms with Gasteiger partial charge in [-0.3, -0.25) is 4.79 Å². The minimum absolute atomic E-state index is 0.0493. The molecule has 0 bridgehead atoms. The molecule has 0 spiro atoms. The Balaban J connectivity index is 1.81. The summed E-state index contributed by atoms with van der Waals surface area (Å²) in [5.74, 6) is -3.09. The third-order valence-corrected chi connectivity index (χ3v) is 5.29. The van der Waals surface area contributed by atoms with Crippen LogP contribution < -0.4 is 10.1 Å². The van der Waals surface area contributed by atoms with E-state index in [-0.39, 0.29) is 30.2 Å². The van der Waals surface area contributed by atoms with Crippen LogP contribution in [0.3, 0.4) is 0 Å². The normalized spacial score (nSPS) is 22.9. The molecule has 2 aliphatic carbocycles. The molecule has 1 unspecified atom stereocenters. The molecule has 10 heteroatoms. The number of sulfone groups is 1. The van der Waals surface area contributed by atoms with E-state index < -0.39 is 33.8 Å². The second kappa shape index (κ2) is 7.73. The largest absolute Gasteiger partial charge is 0.467 e. The number of nitrogens with zero attached hydrogens (tertiary/aromatic N) is 2. The second-order valence-electron chi connectivity index (χ2n) is 7.40. The van der Waals surface area contributed by atoms with E-state index in [0.717, 1.165) is 24.5 Å². The number of halogens is 2. The van der Waals surface area contributed by atoms with Gasteiger partial charge in [0.2, 0.25) is 5.88 Å². The first kappa shape index (κ1) is 20.6. The predicted octanol–water partition coefficient (Wildman–Crippen LogP) is 2.60. The quantitative estimate of drug-likeness (QED) is 0.735. The Bertz CT molecular complexity index is 885. The SMILES string of the molecule is CC(/C=C/S(C)(=O)=O)NC(=O)c1cnc(C2CC2)nc1O[C@@H]1CCCC1(F)F. The monoisotopic (exact) mass is 415 g/mol. The summed E-state index contributed by atoms with van der Waals surface area (Å²) < 4.78 is 55.8. The van der Waals surface area contributed by atoms with Gasteiger partial charge in [0.25, 0.3) is 11.8 Å². The highest BCUT2D eigenvalue weighted by Gasteiger charge is 2.46. The molecule has 0 radical (unpaired) electrons. The van der Waals surface area contributed by atoms with Gasteiger partial charge < -0.3 is 10.1 Å². The number of hydrogen-bond donors (Lipinski definition) is 1. The zero-order valence-corrected chi connectivity index (χ0v) is 16.5. The minimum atomic E-state index is -3.33. The number of rotatable bonds is 7. The molecule has 2 fully saturated rings. The van der Waals surface area contributed by atoms with Crippen molar-refractivity contribution in [2.45, 2.75) is 63.0 Å². The van der Waals surface area contributed by atoms with Crippen molar-refractivity contribution in [3.8, 4) is 5.88 Å². The van der Waals surface area contributed by atoms with Crippen LogP contribution in [0.1, 0.15) is 61.1 Å². The zero-order valence-electron chi connectivity index (χ0n) is 15.7. The maximum absolute atomic E-state index is 14.0. The van der Waals surface area contributed by atoms with Crippen LogP contribution >= 0.6 is 0 Å². The fourth-order valence-corrected chi connectivity index (χ4v) is 3.45. The summed E-state index contributed by atoms with van der Waals surface area (Å²) in [4.78, 5) is 21.0. The van der Waals surface area contributed by atoms with Crippen LogP contribution in [0.2, 0.25) is 0 Å². The molecule has 2 atom stereocenters. The highest BCUT2D eigenvalue weighted by Crippen LogP contribution is 2.40. The van der Waals surface area contributed by atoms with Gasteiger partial charge in [-0.05, 0) is 32.6 Å². The fourth-order valence-electron chi connectivity index (χ4n) is 2.93. The predicted molar refractivity (Wildman–Crippen MR) is 98.1 cm³/mol. The first-order valence-electron chi connectivity index (χ1n) is 9.16.